The lowest BCUT2D eigenvalue weighted by Gasteiger charge is -2.18. The zero-order valence-corrected chi connectivity index (χ0v) is 10.1. The van der Waals surface area contributed by atoms with E-state index in [1.807, 2.05) is 0 Å². The molecule has 4 nitrogen and oxygen atoms in total. The van der Waals surface area contributed by atoms with Gasteiger partial charge in [0.15, 0.2) is 0 Å². The Hall–Kier alpha value is -1.07. The number of rotatable bonds is 2. The number of nitrogen functional groups attached to an aromatic ring is 1. The highest BCUT2D eigenvalue weighted by Gasteiger charge is 2.18. The van der Waals surface area contributed by atoms with Crippen LogP contribution in [-0.4, -0.2) is 15.5 Å². The molecule has 0 radical (unpaired) electrons. The van der Waals surface area contributed by atoms with E-state index in [9.17, 15) is 8.42 Å². The average Bonchev–Trinajstić information content (AvgIpc) is 2.29. The summed E-state index contributed by atoms with van der Waals surface area (Å²) in [6, 6.07) is 3.30. The van der Waals surface area contributed by atoms with Crippen LogP contribution in [0.4, 0.5) is 5.69 Å². The fourth-order valence-corrected chi connectivity index (χ4v) is 2.96. The third-order valence-corrected chi connectivity index (χ3v) is 4.45. The fraction of sp³-hybridized carbons (Fsp3) is 0.455. The van der Waals surface area contributed by atoms with Gasteiger partial charge in [-0.2, -0.15) is 0 Å². The van der Waals surface area contributed by atoms with Crippen LogP contribution in [-0.2, 0) is 22.9 Å². The quantitative estimate of drug-likeness (QED) is 0.759. The van der Waals surface area contributed by atoms with Crippen molar-refractivity contribution in [1.29, 1.82) is 0 Å². The summed E-state index contributed by atoms with van der Waals surface area (Å²) in [4.78, 5) is 0.271. The van der Waals surface area contributed by atoms with Gasteiger partial charge in [0.25, 0.3) is 0 Å². The van der Waals surface area contributed by atoms with E-state index in [0.29, 0.717) is 5.69 Å². The largest absolute Gasteiger partial charge is 0.398 e. The summed E-state index contributed by atoms with van der Waals surface area (Å²) in [5, 5.41) is 0. The van der Waals surface area contributed by atoms with E-state index >= 15 is 0 Å². The molecule has 0 atom stereocenters. The van der Waals surface area contributed by atoms with Gasteiger partial charge in [-0.05, 0) is 56.0 Å². The molecule has 0 saturated heterocycles. The van der Waals surface area contributed by atoms with Crippen molar-refractivity contribution in [3.63, 3.8) is 0 Å². The lowest BCUT2D eigenvalue weighted by atomic mass is 9.91. The number of anilines is 1. The zero-order chi connectivity index (χ0) is 11.8. The fourth-order valence-electron chi connectivity index (χ4n) is 2.14. The lowest BCUT2D eigenvalue weighted by molar-refractivity contribution is 0.587. The molecule has 1 aromatic rings. The molecular weight excluding hydrogens is 224 g/mol. The van der Waals surface area contributed by atoms with Crippen LogP contribution in [0.3, 0.4) is 0 Å². The highest BCUT2D eigenvalue weighted by atomic mass is 32.2. The molecule has 1 aliphatic rings. The summed E-state index contributed by atoms with van der Waals surface area (Å²) in [6.07, 6.45) is 4.12. The molecule has 0 aromatic heterocycles. The van der Waals surface area contributed by atoms with E-state index in [-0.39, 0.29) is 4.90 Å². The maximum absolute atomic E-state index is 11.7. The zero-order valence-electron chi connectivity index (χ0n) is 9.29. The molecule has 1 aromatic carbocycles. The number of aryl methyl sites for hydroxylation is 1. The van der Waals surface area contributed by atoms with Gasteiger partial charge >= 0.3 is 0 Å². The van der Waals surface area contributed by atoms with Crippen LogP contribution in [0.5, 0.6) is 0 Å². The van der Waals surface area contributed by atoms with Crippen molar-refractivity contribution in [2.24, 2.45) is 0 Å². The van der Waals surface area contributed by atoms with Gasteiger partial charge in [-0.1, -0.05) is 0 Å². The number of nitrogens with two attached hydrogens (primary N) is 1. The van der Waals surface area contributed by atoms with Crippen molar-refractivity contribution in [1.82, 2.24) is 4.72 Å². The molecule has 16 heavy (non-hydrogen) atoms. The van der Waals surface area contributed by atoms with Gasteiger partial charge < -0.3 is 5.73 Å². The summed E-state index contributed by atoms with van der Waals surface area (Å²) in [5.74, 6) is 0. The highest BCUT2D eigenvalue weighted by molar-refractivity contribution is 7.89. The standard InChI is InChI=1S/C11H16N2O2S/c1-13-16(14,15)9-6-8-4-2-3-5-10(8)11(12)7-9/h6-7,13H,2-5,12H2,1H3. The number of sulfonamides is 1. The van der Waals surface area contributed by atoms with Crippen molar-refractivity contribution in [3.8, 4) is 0 Å². The number of fused-ring (bicyclic) bond motifs is 1. The number of benzene rings is 1. The van der Waals surface area contributed by atoms with Crippen LogP contribution in [0.2, 0.25) is 0 Å². The number of hydrogen-bond donors (Lipinski definition) is 2. The van der Waals surface area contributed by atoms with Gasteiger partial charge in [-0.25, -0.2) is 13.1 Å². The van der Waals surface area contributed by atoms with E-state index in [1.165, 1.54) is 7.05 Å². The SMILES string of the molecule is CNS(=O)(=O)c1cc(N)c2c(c1)CCCC2. The highest BCUT2D eigenvalue weighted by Crippen LogP contribution is 2.29. The minimum Gasteiger partial charge on any atom is -0.398 e. The van der Waals surface area contributed by atoms with Crippen LogP contribution in [0.15, 0.2) is 17.0 Å². The Kier molecular flexibility index (Phi) is 2.90. The van der Waals surface area contributed by atoms with E-state index in [2.05, 4.69) is 4.72 Å². The van der Waals surface area contributed by atoms with Gasteiger partial charge in [0, 0.05) is 5.69 Å². The monoisotopic (exact) mass is 240 g/mol. The van der Waals surface area contributed by atoms with Crippen LogP contribution in [0.1, 0.15) is 24.0 Å². The topological polar surface area (TPSA) is 72.2 Å². The third-order valence-electron chi connectivity index (χ3n) is 3.05. The Bertz CT molecular complexity index is 509. The first kappa shape index (κ1) is 11.4. The Morgan fingerprint density at radius 3 is 2.62 bits per heavy atom. The molecule has 0 heterocycles. The van der Waals surface area contributed by atoms with Crippen molar-refractivity contribution in [2.75, 3.05) is 12.8 Å². The van der Waals surface area contributed by atoms with Gasteiger partial charge in [0.2, 0.25) is 10.0 Å². The first-order valence-electron chi connectivity index (χ1n) is 5.39. The Balaban J connectivity index is 2.56. The van der Waals surface area contributed by atoms with Gasteiger partial charge in [0.05, 0.1) is 4.90 Å². The minimum absolute atomic E-state index is 0.271. The van der Waals surface area contributed by atoms with Crippen molar-refractivity contribution in [2.45, 2.75) is 30.6 Å². The Morgan fingerprint density at radius 1 is 1.25 bits per heavy atom. The smallest absolute Gasteiger partial charge is 0.240 e. The predicted molar refractivity (Wildman–Crippen MR) is 63.7 cm³/mol. The molecule has 0 amide bonds. The maximum atomic E-state index is 11.7. The van der Waals surface area contributed by atoms with Crippen LogP contribution in [0, 0.1) is 0 Å². The molecule has 5 heteroatoms. The molecule has 0 aliphatic heterocycles. The minimum atomic E-state index is -3.38. The normalized spacial score (nSPS) is 15.8. The van der Waals surface area contributed by atoms with E-state index in [0.717, 1.165) is 36.8 Å². The van der Waals surface area contributed by atoms with Crippen LogP contribution >= 0.6 is 0 Å². The number of nitrogens with one attached hydrogen (secondary N) is 1. The Labute approximate surface area is 95.9 Å². The van der Waals surface area contributed by atoms with Gasteiger partial charge in [0.1, 0.15) is 0 Å². The maximum Gasteiger partial charge on any atom is 0.240 e. The van der Waals surface area contributed by atoms with E-state index < -0.39 is 10.0 Å². The molecule has 0 spiro atoms. The Morgan fingerprint density at radius 2 is 1.94 bits per heavy atom. The second kappa shape index (κ2) is 4.07. The molecule has 0 unspecified atom stereocenters. The molecular formula is C11H16N2O2S. The molecule has 0 fully saturated rings. The summed E-state index contributed by atoms with van der Waals surface area (Å²) < 4.78 is 25.7. The van der Waals surface area contributed by atoms with E-state index in [4.69, 9.17) is 5.73 Å². The summed E-state index contributed by atoms with van der Waals surface area (Å²) >= 11 is 0. The predicted octanol–water partition coefficient (Wildman–Crippen LogP) is 1.06. The summed E-state index contributed by atoms with van der Waals surface area (Å²) in [5.41, 5.74) is 8.71. The lowest BCUT2D eigenvalue weighted by Crippen LogP contribution is -2.20. The first-order chi connectivity index (χ1) is 7.54. The summed E-state index contributed by atoms with van der Waals surface area (Å²) in [7, 11) is -1.98. The van der Waals surface area contributed by atoms with Crippen molar-refractivity contribution >= 4 is 15.7 Å². The molecule has 0 saturated carbocycles. The second-order valence-electron chi connectivity index (χ2n) is 4.06. The first-order valence-corrected chi connectivity index (χ1v) is 6.88. The molecule has 88 valence electrons. The van der Waals surface area contributed by atoms with Crippen LogP contribution in [0.25, 0.3) is 0 Å². The van der Waals surface area contributed by atoms with Crippen molar-refractivity contribution < 1.29 is 8.42 Å². The van der Waals surface area contributed by atoms with Gasteiger partial charge in [-0.3, -0.25) is 0 Å². The van der Waals surface area contributed by atoms with Gasteiger partial charge in [-0.15, -0.1) is 0 Å². The number of hydrogen-bond acceptors (Lipinski definition) is 3. The summed E-state index contributed by atoms with van der Waals surface area (Å²) in [6.45, 7) is 0. The van der Waals surface area contributed by atoms with E-state index in [1.54, 1.807) is 12.1 Å². The molecule has 1 aliphatic carbocycles. The molecule has 2 rings (SSSR count). The van der Waals surface area contributed by atoms with Crippen molar-refractivity contribution in [3.05, 3.63) is 23.3 Å². The molecule has 3 N–H and O–H groups in total. The third kappa shape index (κ3) is 1.92. The molecule has 0 bridgehead atoms. The van der Waals surface area contributed by atoms with Crippen LogP contribution < -0.4 is 10.5 Å². The average molecular weight is 240 g/mol. The second-order valence-corrected chi connectivity index (χ2v) is 5.95.